The van der Waals surface area contributed by atoms with Crippen LogP contribution in [0.15, 0.2) is 48.5 Å². The maximum atomic E-state index is 12.7. The van der Waals surface area contributed by atoms with E-state index in [0.717, 1.165) is 6.42 Å². The van der Waals surface area contributed by atoms with Crippen LogP contribution in [0.25, 0.3) is 0 Å². The van der Waals surface area contributed by atoms with Gasteiger partial charge in [-0.3, -0.25) is 9.59 Å². The molecule has 2 aromatic carbocycles. The maximum absolute atomic E-state index is 12.7. The van der Waals surface area contributed by atoms with E-state index in [4.69, 9.17) is 5.73 Å². The highest BCUT2D eigenvalue weighted by molar-refractivity contribution is 5.95. The van der Waals surface area contributed by atoms with Crippen molar-refractivity contribution in [2.24, 2.45) is 17.6 Å². The fourth-order valence-electron chi connectivity index (χ4n) is 3.44. The molecule has 0 aliphatic heterocycles. The topological polar surface area (TPSA) is 88.8 Å². The molecule has 0 aliphatic rings. The Balaban J connectivity index is 2.03. The lowest BCUT2D eigenvalue weighted by atomic mass is 9.93. The van der Waals surface area contributed by atoms with Crippen LogP contribution in [0.5, 0.6) is 0 Å². The Morgan fingerprint density at radius 3 is 2.00 bits per heavy atom. The molecule has 156 valence electrons. The number of amides is 2. The van der Waals surface area contributed by atoms with E-state index in [-0.39, 0.29) is 18.0 Å². The Bertz CT molecular complexity index is 811. The molecule has 0 unspecified atom stereocenters. The standard InChI is InChI=1S/C24H33N3O2/c1-15(2)14-18-6-8-19(9-7-18)22(16(3)4)26-17(5)24(29)27-21-12-10-20(11-13-21)23(25)28/h6-13,15-17,22,26H,14H2,1-5H3,(H2,25,28)(H,27,29)/p+1/t17-,22-/m1/s1. The Labute approximate surface area is 174 Å². The molecule has 2 aromatic rings. The first kappa shape index (κ1) is 22.6. The molecule has 0 saturated carbocycles. The van der Waals surface area contributed by atoms with E-state index < -0.39 is 5.91 Å². The van der Waals surface area contributed by atoms with Crippen molar-refractivity contribution in [2.45, 2.75) is 53.1 Å². The summed E-state index contributed by atoms with van der Waals surface area (Å²) in [6.07, 6.45) is 1.07. The quantitative estimate of drug-likeness (QED) is 0.607. The van der Waals surface area contributed by atoms with Crippen LogP contribution in [0, 0.1) is 11.8 Å². The second-order valence-corrected chi connectivity index (χ2v) is 8.52. The normalized spacial score (nSPS) is 13.3. The van der Waals surface area contributed by atoms with Gasteiger partial charge in [-0.15, -0.1) is 0 Å². The molecule has 0 spiro atoms. The van der Waals surface area contributed by atoms with E-state index in [9.17, 15) is 9.59 Å². The first-order valence-electron chi connectivity index (χ1n) is 10.3. The number of rotatable bonds is 9. The van der Waals surface area contributed by atoms with Gasteiger partial charge in [0.2, 0.25) is 5.91 Å². The maximum Gasteiger partial charge on any atom is 0.282 e. The highest BCUT2D eigenvalue weighted by Gasteiger charge is 2.26. The van der Waals surface area contributed by atoms with E-state index in [1.807, 2.05) is 6.92 Å². The van der Waals surface area contributed by atoms with Crippen LogP contribution in [-0.2, 0) is 11.2 Å². The summed E-state index contributed by atoms with van der Waals surface area (Å²) in [6, 6.07) is 15.3. The summed E-state index contributed by atoms with van der Waals surface area (Å²) in [6.45, 7) is 10.7. The van der Waals surface area contributed by atoms with Gasteiger partial charge in [-0.1, -0.05) is 52.0 Å². The fourth-order valence-corrected chi connectivity index (χ4v) is 3.44. The number of benzene rings is 2. The molecular formula is C24H34N3O2+. The van der Waals surface area contributed by atoms with Crippen molar-refractivity contribution in [1.29, 1.82) is 0 Å². The molecule has 2 rings (SSSR count). The summed E-state index contributed by atoms with van der Waals surface area (Å²) in [5.41, 5.74) is 8.90. The minimum Gasteiger partial charge on any atom is -0.366 e. The molecule has 0 aromatic heterocycles. The molecular weight excluding hydrogens is 362 g/mol. The molecule has 0 aliphatic carbocycles. The number of carbonyl (C=O) groups excluding carboxylic acids is 2. The Kier molecular flexibility index (Phi) is 7.97. The van der Waals surface area contributed by atoms with Crippen LogP contribution in [0.1, 0.15) is 62.1 Å². The van der Waals surface area contributed by atoms with E-state index >= 15 is 0 Å². The van der Waals surface area contributed by atoms with Gasteiger partial charge in [0, 0.05) is 22.7 Å². The van der Waals surface area contributed by atoms with Gasteiger partial charge in [0.15, 0.2) is 6.04 Å². The Morgan fingerprint density at radius 1 is 0.931 bits per heavy atom. The third-order valence-corrected chi connectivity index (χ3v) is 5.07. The zero-order valence-corrected chi connectivity index (χ0v) is 18.1. The average Bonchev–Trinajstić information content (AvgIpc) is 2.66. The van der Waals surface area contributed by atoms with E-state index in [2.05, 4.69) is 62.6 Å². The summed E-state index contributed by atoms with van der Waals surface area (Å²) in [5.74, 6) is 0.466. The highest BCUT2D eigenvalue weighted by Crippen LogP contribution is 2.20. The molecule has 0 radical (unpaired) electrons. The van der Waals surface area contributed by atoms with Crippen molar-refractivity contribution in [2.75, 3.05) is 5.32 Å². The second kappa shape index (κ2) is 10.2. The van der Waals surface area contributed by atoms with Crippen molar-refractivity contribution in [3.63, 3.8) is 0 Å². The molecule has 29 heavy (non-hydrogen) atoms. The van der Waals surface area contributed by atoms with Gasteiger partial charge in [-0.05, 0) is 49.1 Å². The number of hydrogen-bond donors (Lipinski definition) is 3. The van der Waals surface area contributed by atoms with Gasteiger partial charge < -0.3 is 16.4 Å². The summed E-state index contributed by atoms with van der Waals surface area (Å²) in [5, 5.41) is 5.03. The monoisotopic (exact) mass is 396 g/mol. The first-order chi connectivity index (χ1) is 13.7. The van der Waals surface area contributed by atoms with Gasteiger partial charge >= 0.3 is 0 Å². The number of carbonyl (C=O) groups is 2. The minimum absolute atomic E-state index is 0.0705. The van der Waals surface area contributed by atoms with Crippen molar-refractivity contribution < 1.29 is 14.9 Å². The number of hydrogen-bond acceptors (Lipinski definition) is 2. The van der Waals surface area contributed by atoms with E-state index in [1.165, 1.54) is 11.1 Å². The third kappa shape index (κ3) is 6.71. The number of anilines is 1. The molecule has 0 heterocycles. The number of nitrogens with two attached hydrogens (primary N) is 2. The third-order valence-electron chi connectivity index (χ3n) is 5.07. The fraction of sp³-hybridized carbons (Fsp3) is 0.417. The molecule has 5 heteroatoms. The van der Waals surface area contributed by atoms with Crippen LogP contribution < -0.4 is 16.4 Å². The summed E-state index contributed by atoms with van der Waals surface area (Å²) >= 11 is 0. The van der Waals surface area contributed by atoms with Crippen LogP contribution in [0.4, 0.5) is 5.69 Å². The van der Waals surface area contributed by atoms with Crippen LogP contribution in [-0.4, -0.2) is 17.9 Å². The zero-order valence-electron chi connectivity index (χ0n) is 18.1. The van der Waals surface area contributed by atoms with Crippen molar-refractivity contribution in [3.05, 3.63) is 65.2 Å². The van der Waals surface area contributed by atoms with Gasteiger partial charge in [-0.25, -0.2) is 0 Å². The van der Waals surface area contributed by atoms with Crippen molar-refractivity contribution >= 4 is 17.5 Å². The molecule has 0 fully saturated rings. The highest BCUT2D eigenvalue weighted by atomic mass is 16.2. The van der Waals surface area contributed by atoms with Crippen LogP contribution >= 0.6 is 0 Å². The van der Waals surface area contributed by atoms with Crippen LogP contribution in [0.2, 0.25) is 0 Å². The predicted octanol–water partition coefficient (Wildman–Crippen LogP) is 3.27. The summed E-state index contributed by atoms with van der Waals surface area (Å²) in [7, 11) is 0. The Hall–Kier alpha value is -2.66. The molecule has 2 atom stereocenters. The number of nitrogens with one attached hydrogen (secondary N) is 1. The number of quaternary nitrogens is 1. The van der Waals surface area contributed by atoms with Crippen molar-refractivity contribution in [3.8, 4) is 0 Å². The van der Waals surface area contributed by atoms with Gasteiger partial charge in [0.05, 0.1) is 0 Å². The Morgan fingerprint density at radius 2 is 1.52 bits per heavy atom. The molecule has 5 N–H and O–H groups in total. The first-order valence-corrected chi connectivity index (χ1v) is 10.3. The molecule has 5 nitrogen and oxygen atoms in total. The van der Waals surface area contributed by atoms with Gasteiger partial charge in [0.25, 0.3) is 5.91 Å². The molecule has 2 amide bonds. The second-order valence-electron chi connectivity index (χ2n) is 8.52. The van der Waals surface area contributed by atoms with Gasteiger partial charge in [-0.2, -0.15) is 0 Å². The van der Waals surface area contributed by atoms with Gasteiger partial charge in [0.1, 0.15) is 6.04 Å². The average molecular weight is 397 g/mol. The predicted molar refractivity (Wildman–Crippen MR) is 118 cm³/mol. The molecule has 0 saturated heterocycles. The minimum atomic E-state index is -0.483. The van der Waals surface area contributed by atoms with E-state index in [0.29, 0.717) is 23.1 Å². The van der Waals surface area contributed by atoms with E-state index in [1.54, 1.807) is 24.3 Å². The summed E-state index contributed by atoms with van der Waals surface area (Å²) < 4.78 is 0. The number of primary amides is 1. The smallest absolute Gasteiger partial charge is 0.282 e. The SMILES string of the molecule is CC(C)Cc1ccc([C@H]([NH2+][C@H](C)C(=O)Nc2ccc(C(N)=O)cc2)C(C)C)cc1. The summed E-state index contributed by atoms with van der Waals surface area (Å²) in [4.78, 5) is 23.8. The van der Waals surface area contributed by atoms with Crippen molar-refractivity contribution in [1.82, 2.24) is 0 Å². The zero-order chi connectivity index (χ0) is 21.6. The lowest BCUT2D eigenvalue weighted by Crippen LogP contribution is -2.93. The largest absolute Gasteiger partial charge is 0.366 e. The lowest BCUT2D eigenvalue weighted by Gasteiger charge is -2.23. The lowest BCUT2D eigenvalue weighted by molar-refractivity contribution is -0.718. The molecule has 0 bridgehead atoms. The van der Waals surface area contributed by atoms with Crippen LogP contribution in [0.3, 0.4) is 0 Å².